The summed E-state index contributed by atoms with van der Waals surface area (Å²) in [4.78, 5) is 4.41. The molecular formula is C13H16Br2N2. The Morgan fingerprint density at radius 3 is 2.88 bits per heavy atom. The Balaban J connectivity index is 2.07. The van der Waals surface area contributed by atoms with Gasteiger partial charge in [-0.25, -0.2) is 0 Å². The molecule has 0 spiro atoms. The smallest absolute Gasteiger partial charge is 0.0772 e. The fourth-order valence-electron chi connectivity index (χ4n) is 1.57. The molecule has 0 aliphatic heterocycles. The van der Waals surface area contributed by atoms with E-state index < -0.39 is 0 Å². The lowest BCUT2D eigenvalue weighted by Gasteiger charge is -2.07. The lowest BCUT2D eigenvalue weighted by atomic mass is 10.1. The third kappa shape index (κ3) is 4.19. The van der Waals surface area contributed by atoms with Crippen molar-refractivity contribution < 1.29 is 0 Å². The molecule has 0 saturated heterocycles. The molecule has 2 nitrogen and oxygen atoms in total. The van der Waals surface area contributed by atoms with E-state index in [0.717, 1.165) is 33.6 Å². The SMILES string of the molecule is CCC(=Cc1ncc(Br)cc1Br)CNC1CC1. The Hall–Kier alpha value is -0.190. The highest BCUT2D eigenvalue weighted by molar-refractivity contribution is 9.11. The molecule has 4 heteroatoms. The molecule has 1 heterocycles. The lowest BCUT2D eigenvalue weighted by molar-refractivity contribution is 0.722. The van der Waals surface area contributed by atoms with Crippen molar-refractivity contribution >= 4 is 37.9 Å². The highest BCUT2D eigenvalue weighted by atomic mass is 79.9. The van der Waals surface area contributed by atoms with Crippen LogP contribution in [0.3, 0.4) is 0 Å². The van der Waals surface area contributed by atoms with Crippen LogP contribution in [0.2, 0.25) is 0 Å². The van der Waals surface area contributed by atoms with Crippen molar-refractivity contribution in [3.05, 3.63) is 32.5 Å². The van der Waals surface area contributed by atoms with E-state index in [1.165, 1.54) is 18.4 Å². The Morgan fingerprint density at radius 2 is 2.29 bits per heavy atom. The lowest BCUT2D eigenvalue weighted by Crippen LogP contribution is -2.19. The van der Waals surface area contributed by atoms with Crippen molar-refractivity contribution in [3.63, 3.8) is 0 Å². The predicted octanol–water partition coefficient (Wildman–Crippen LogP) is 4.15. The second kappa shape index (κ2) is 6.12. The summed E-state index contributed by atoms with van der Waals surface area (Å²) in [5.41, 5.74) is 2.40. The zero-order valence-corrected chi connectivity index (χ0v) is 13.0. The van der Waals surface area contributed by atoms with Crippen LogP contribution in [-0.2, 0) is 0 Å². The number of hydrogen-bond donors (Lipinski definition) is 1. The standard InChI is InChI=1S/C13H16Br2N2/c1-2-9(7-16-11-3-4-11)5-13-12(15)6-10(14)8-17-13/h5-6,8,11,16H,2-4,7H2,1H3. The minimum absolute atomic E-state index is 0.756. The zero-order valence-electron chi connectivity index (χ0n) is 9.84. The molecule has 2 rings (SSSR count). The van der Waals surface area contributed by atoms with Gasteiger partial charge in [0.15, 0.2) is 0 Å². The van der Waals surface area contributed by atoms with Crippen LogP contribution in [0.15, 0.2) is 26.8 Å². The maximum Gasteiger partial charge on any atom is 0.0772 e. The fourth-order valence-corrected chi connectivity index (χ4v) is 2.67. The number of pyridine rings is 1. The summed E-state index contributed by atoms with van der Waals surface area (Å²) in [5.74, 6) is 0. The molecule has 1 aliphatic carbocycles. The first-order chi connectivity index (χ1) is 8.19. The van der Waals surface area contributed by atoms with Gasteiger partial charge in [0.1, 0.15) is 0 Å². The van der Waals surface area contributed by atoms with Crippen LogP contribution in [-0.4, -0.2) is 17.6 Å². The highest BCUT2D eigenvalue weighted by Crippen LogP contribution is 2.23. The minimum Gasteiger partial charge on any atom is -0.310 e. The van der Waals surface area contributed by atoms with Gasteiger partial charge in [0.05, 0.1) is 5.69 Å². The van der Waals surface area contributed by atoms with E-state index in [9.17, 15) is 0 Å². The van der Waals surface area contributed by atoms with Crippen LogP contribution in [0, 0.1) is 0 Å². The zero-order chi connectivity index (χ0) is 12.3. The van der Waals surface area contributed by atoms with Gasteiger partial charge in [-0.1, -0.05) is 12.5 Å². The molecule has 17 heavy (non-hydrogen) atoms. The monoisotopic (exact) mass is 358 g/mol. The van der Waals surface area contributed by atoms with E-state index in [-0.39, 0.29) is 0 Å². The fraction of sp³-hybridized carbons (Fsp3) is 0.462. The number of hydrogen-bond acceptors (Lipinski definition) is 2. The summed E-state index contributed by atoms with van der Waals surface area (Å²) < 4.78 is 2.03. The minimum atomic E-state index is 0.756. The molecule has 0 bridgehead atoms. The predicted molar refractivity (Wildman–Crippen MR) is 78.9 cm³/mol. The van der Waals surface area contributed by atoms with E-state index in [4.69, 9.17) is 0 Å². The number of nitrogens with one attached hydrogen (secondary N) is 1. The van der Waals surface area contributed by atoms with Crippen LogP contribution in [0.1, 0.15) is 31.9 Å². The van der Waals surface area contributed by atoms with E-state index in [1.54, 1.807) is 0 Å². The van der Waals surface area contributed by atoms with Crippen LogP contribution in [0.5, 0.6) is 0 Å². The van der Waals surface area contributed by atoms with Crippen LogP contribution < -0.4 is 5.32 Å². The summed E-state index contributed by atoms with van der Waals surface area (Å²) in [6.07, 6.45) is 7.72. The quantitative estimate of drug-likeness (QED) is 0.854. The first-order valence-corrected chi connectivity index (χ1v) is 7.51. The second-order valence-electron chi connectivity index (χ2n) is 4.33. The maximum absolute atomic E-state index is 4.41. The summed E-state index contributed by atoms with van der Waals surface area (Å²) in [7, 11) is 0. The molecule has 1 saturated carbocycles. The van der Waals surface area contributed by atoms with Crippen LogP contribution in [0.4, 0.5) is 0 Å². The van der Waals surface area contributed by atoms with Crippen molar-refractivity contribution in [1.29, 1.82) is 0 Å². The molecule has 0 amide bonds. The molecule has 1 fully saturated rings. The van der Waals surface area contributed by atoms with Crippen LogP contribution >= 0.6 is 31.9 Å². The summed E-state index contributed by atoms with van der Waals surface area (Å²) in [6.45, 7) is 3.17. The van der Waals surface area contributed by atoms with E-state index in [0.29, 0.717) is 0 Å². The van der Waals surface area contributed by atoms with E-state index in [2.05, 4.69) is 55.2 Å². The normalized spacial score (nSPS) is 16.3. The summed E-state index contributed by atoms with van der Waals surface area (Å²) >= 11 is 6.95. The third-order valence-corrected chi connectivity index (χ3v) is 3.90. The molecule has 1 aromatic heterocycles. The molecule has 0 radical (unpaired) electrons. The van der Waals surface area contributed by atoms with Gasteiger partial charge in [0.25, 0.3) is 0 Å². The van der Waals surface area contributed by atoms with E-state index >= 15 is 0 Å². The Labute approximate surface area is 119 Å². The van der Waals surface area contributed by atoms with Gasteiger partial charge >= 0.3 is 0 Å². The average molecular weight is 360 g/mol. The molecule has 0 unspecified atom stereocenters. The summed E-state index contributed by atoms with van der Waals surface area (Å²) in [5, 5.41) is 3.54. The van der Waals surface area contributed by atoms with Gasteiger partial charge in [0.2, 0.25) is 0 Å². The molecular weight excluding hydrogens is 344 g/mol. The van der Waals surface area contributed by atoms with Gasteiger partial charge in [0, 0.05) is 27.7 Å². The van der Waals surface area contributed by atoms with Crippen molar-refractivity contribution in [2.45, 2.75) is 32.2 Å². The molecule has 0 atom stereocenters. The molecule has 92 valence electrons. The second-order valence-corrected chi connectivity index (χ2v) is 6.10. The first kappa shape index (κ1) is 13.2. The third-order valence-electron chi connectivity index (χ3n) is 2.83. The first-order valence-electron chi connectivity index (χ1n) is 5.93. The van der Waals surface area contributed by atoms with Gasteiger partial charge in [-0.05, 0) is 63.3 Å². The van der Waals surface area contributed by atoms with Crippen molar-refractivity contribution in [2.75, 3.05) is 6.54 Å². The maximum atomic E-state index is 4.41. The topological polar surface area (TPSA) is 24.9 Å². The van der Waals surface area contributed by atoms with Gasteiger partial charge in [-0.3, -0.25) is 4.98 Å². The molecule has 0 aromatic carbocycles. The largest absolute Gasteiger partial charge is 0.310 e. The van der Waals surface area contributed by atoms with Gasteiger partial charge < -0.3 is 5.32 Å². The molecule has 1 aliphatic rings. The Morgan fingerprint density at radius 1 is 1.53 bits per heavy atom. The van der Waals surface area contributed by atoms with Crippen LogP contribution in [0.25, 0.3) is 6.08 Å². The molecule has 1 aromatic rings. The Bertz CT molecular complexity index is 425. The average Bonchev–Trinajstić information content (AvgIpc) is 3.11. The molecule has 1 N–H and O–H groups in total. The number of nitrogens with zero attached hydrogens (tertiary/aromatic N) is 1. The number of aromatic nitrogens is 1. The summed E-state index contributed by atoms with van der Waals surface area (Å²) in [6, 6.07) is 2.78. The highest BCUT2D eigenvalue weighted by Gasteiger charge is 2.20. The van der Waals surface area contributed by atoms with Gasteiger partial charge in [-0.2, -0.15) is 0 Å². The van der Waals surface area contributed by atoms with Crippen molar-refractivity contribution in [2.24, 2.45) is 0 Å². The number of rotatable bonds is 5. The van der Waals surface area contributed by atoms with Gasteiger partial charge in [-0.15, -0.1) is 0 Å². The van der Waals surface area contributed by atoms with E-state index in [1.807, 2.05) is 12.3 Å². The van der Waals surface area contributed by atoms with Crippen molar-refractivity contribution in [1.82, 2.24) is 10.3 Å². The van der Waals surface area contributed by atoms with Crippen molar-refractivity contribution in [3.8, 4) is 0 Å². The Kier molecular flexibility index (Phi) is 4.77. The number of halogens is 2.